The van der Waals surface area contributed by atoms with Gasteiger partial charge in [0.1, 0.15) is 0 Å². The smallest absolute Gasteiger partial charge is 0.340 e. The zero-order valence-corrected chi connectivity index (χ0v) is 8.72. The van der Waals surface area contributed by atoms with Gasteiger partial charge in [0, 0.05) is 0 Å². The van der Waals surface area contributed by atoms with E-state index in [1.54, 1.807) is 20.8 Å². The van der Waals surface area contributed by atoms with E-state index in [1.165, 1.54) is 0 Å². The lowest BCUT2D eigenvalue weighted by Crippen LogP contribution is -2.27. The van der Waals surface area contributed by atoms with E-state index in [1.807, 2.05) is 0 Å². The summed E-state index contributed by atoms with van der Waals surface area (Å²) in [4.78, 5) is 11.0. The van der Waals surface area contributed by atoms with Gasteiger partial charge in [-0.1, -0.05) is 0 Å². The molecule has 11 heavy (non-hydrogen) atoms. The van der Waals surface area contributed by atoms with Crippen LogP contribution < -0.4 is 0 Å². The molecule has 0 saturated carbocycles. The number of carbonyl (C=O) groups is 1. The second-order valence-corrected chi connectivity index (χ2v) is 5.26. The summed E-state index contributed by atoms with van der Waals surface area (Å²) in [6.45, 7) is 5.02. The van der Waals surface area contributed by atoms with Crippen LogP contribution in [0, 0.1) is 5.41 Å². The number of ether oxygens (including phenoxy) is 1. The zero-order chi connectivity index (χ0) is 9.28. The number of hydrogen-bond acceptors (Lipinski definition) is 2. The van der Waals surface area contributed by atoms with Crippen molar-refractivity contribution in [1.82, 2.24) is 0 Å². The maximum absolute atomic E-state index is 11.0. The highest BCUT2D eigenvalue weighted by Crippen LogP contribution is 2.30. The molecule has 0 saturated heterocycles. The number of alkyl halides is 3. The Morgan fingerprint density at radius 3 is 1.64 bits per heavy atom. The maximum atomic E-state index is 11.0. The third kappa shape index (κ3) is 5.59. The van der Waals surface area contributed by atoms with E-state index in [0.717, 1.165) is 0 Å². The van der Waals surface area contributed by atoms with E-state index < -0.39 is 15.4 Å². The Morgan fingerprint density at radius 1 is 1.18 bits per heavy atom. The Balaban J connectivity index is 4.11. The Bertz CT molecular complexity index is 154. The van der Waals surface area contributed by atoms with Crippen molar-refractivity contribution in [2.24, 2.45) is 5.41 Å². The van der Waals surface area contributed by atoms with Gasteiger partial charge in [-0.05, 0) is 55.6 Å². The third-order valence-corrected chi connectivity index (χ3v) is 1.05. The van der Waals surface area contributed by atoms with Gasteiger partial charge in [0.15, 0.2) is 0 Å². The van der Waals surface area contributed by atoms with Gasteiger partial charge in [-0.3, -0.25) is 4.79 Å². The molecule has 66 valence electrons. The van der Waals surface area contributed by atoms with E-state index in [9.17, 15) is 4.79 Å². The SMILES string of the molecule is CC(C)(C)C(=O)OC(Cl)(Cl)Cl. The summed E-state index contributed by atoms with van der Waals surface area (Å²) in [6.07, 6.45) is 0. The fourth-order valence-electron chi connectivity index (χ4n) is 0.258. The summed E-state index contributed by atoms with van der Waals surface area (Å²) in [5.74, 6) is -0.544. The van der Waals surface area contributed by atoms with Crippen LogP contribution in [0.2, 0.25) is 0 Å². The molecule has 2 nitrogen and oxygen atoms in total. The zero-order valence-electron chi connectivity index (χ0n) is 6.45. The predicted octanol–water partition coefficient (Wildman–Crippen LogP) is 2.90. The van der Waals surface area contributed by atoms with E-state index in [0.29, 0.717) is 0 Å². The molecule has 5 heteroatoms. The van der Waals surface area contributed by atoms with Gasteiger partial charge in [0.25, 0.3) is 0 Å². The maximum Gasteiger partial charge on any atom is 0.340 e. The molecule has 0 amide bonds. The van der Waals surface area contributed by atoms with Gasteiger partial charge < -0.3 is 4.74 Å². The molecule has 0 aliphatic heterocycles. The fourth-order valence-corrected chi connectivity index (χ4v) is 0.468. The second kappa shape index (κ2) is 3.38. The van der Waals surface area contributed by atoms with E-state index >= 15 is 0 Å². The Hall–Kier alpha value is 0.340. The molecule has 0 atom stereocenters. The molecule has 0 aliphatic carbocycles. The average Bonchev–Trinajstić information content (AvgIpc) is 1.56. The predicted molar refractivity (Wildman–Crippen MR) is 45.8 cm³/mol. The first kappa shape index (κ1) is 11.3. The number of rotatable bonds is 0. The summed E-state index contributed by atoms with van der Waals surface area (Å²) in [6, 6.07) is 0. The van der Waals surface area contributed by atoms with Gasteiger partial charge in [-0.2, -0.15) is 0 Å². The molecule has 0 aromatic rings. The van der Waals surface area contributed by atoms with Crippen molar-refractivity contribution in [3.63, 3.8) is 0 Å². The molecule has 0 aliphatic rings. The highest BCUT2D eigenvalue weighted by atomic mass is 35.6. The molecule has 0 bridgehead atoms. The number of halogens is 3. The van der Waals surface area contributed by atoms with Gasteiger partial charge >= 0.3 is 9.95 Å². The summed E-state index contributed by atoms with van der Waals surface area (Å²) >= 11 is 15.7. The van der Waals surface area contributed by atoms with Crippen molar-refractivity contribution in [1.29, 1.82) is 0 Å². The Kier molecular flexibility index (Phi) is 3.48. The Labute approximate surface area is 80.7 Å². The standard InChI is InChI=1S/C6H9Cl3O2/c1-5(2,3)4(10)11-6(7,8)9/h1-3H3. The first-order valence-corrected chi connectivity index (χ1v) is 4.06. The molecule has 0 rings (SSSR count). The lowest BCUT2D eigenvalue weighted by Gasteiger charge is -2.20. The minimum absolute atomic E-state index is 0.544. The quantitative estimate of drug-likeness (QED) is 0.462. The van der Waals surface area contributed by atoms with E-state index in [4.69, 9.17) is 34.8 Å². The Morgan fingerprint density at radius 2 is 1.55 bits per heavy atom. The monoisotopic (exact) mass is 218 g/mol. The highest BCUT2D eigenvalue weighted by Gasteiger charge is 2.32. The highest BCUT2D eigenvalue weighted by molar-refractivity contribution is 6.66. The summed E-state index contributed by atoms with van der Waals surface area (Å²) in [7, 11) is 0. The van der Waals surface area contributed by atoms with Crippen molar-refractivity contribution in [3.05, 3.63) is 0 Å². The van der Waals surface area contributed by atoms with E-state index in [-0.39, 0.29) is 0 Å². The van der Waals surface area contributed by atoms with Crippen molar-refractivity contribution in [2.45, 2.75) is 24.7 Å². The van der Waals surface area contributed by atoms with Crippen LogP contribution in [0.15, 0.2) is 0 Å². The fraction of sp³-hybridized carbons (Fsp3) is 0.833. The largest absolute Gasteiger partial charge is 0.414 e. The molecule has 0 unspecified atom stereocenters. The van der Waals surface area contributed by atoms with Crippen LogP contribution in [0.5, 0.6) is 0 Å². The number of carbonyl (C=O) groups excluding carboxylic acids is 1. The lowest BCUT2D eigenvalue weighted by molar-refractivity contribution is -0.153. The van der Waals surface area contributed by atoms with Crippen LogP contribution in [0.4, 0.5) is 0 Å². The van der Waals surface area contributed by atoms with Crippen molar-refractivity contribution < 1.29 is 9.53 Å². The molecular weight excluding hydrogens is 210 g/mol. The molecule has 0 radical (unpaired) electrons. The van der Waals surface area contributed by atoms with Crippen LogP contribution in [0.1, 0.15) is 20.8 Å². The van der Waals surface area contributed by atoms with Gasteiger partial charge in [-0.25, -0.2) is 0 Å². The molecule has 0 N–H and O–H groups in total. The third-order valence-electron chi connectivity index (χ3n) is 0.821. The molecule has 0 heterocycles. The van der Waals surface area contributed by atoms with Gasteiger partial charge in [0.05, 0.1) is 5.41 Å². The van der Waals surface area contributed by atoms with Crippen molar-refractivity contribution in [2.75, 3.05) is 0 Å². The van der Waals surface area contributed by atoms with Crippen LogP contribution in [-0.4, -0.2) is 9.95 Å². The van der Waals surface area contributed by atoms with Crippen LogP contribution >= 0.6 is 34.8 Å². The van der Waals surface area contributed by atoms with Crippen LogP contribution in [0.25, 0.3) is 0 Å². The summed E-state index contributed by atoms with van der Waals surface area (Å²) in [5.41, 5.74) is -0.649. The molecule has 0 aromatic carbocycles. The molecular formula is C6H9Cl3O2. The molecule has 0 spiro atoms. The minimum atomic E-state index is -1.95. The molecule has 0 aromatic heterocycles. The molecule has 0 fully saturated rings. The lowest BCUT2D eigenvalue weighted by atomic mass is 9.98. The minimum Gasteiger partial charge on any atom is -0.414 e. The summed E-state index contributed by atoms with van der Waals surface area (Å²) < 4.78 is 2.51. The number of hydrogen-bond donors (Lipinski definition) is 0. The van der Waals surface area contributed by atoms with Crippen molar-refractivity contribution >= 4 is 40.8 Å². The van der Waals surface area contributed by atoms with Crippen molar-refractivity contribution in [3.8, 4) is 0 Å². The number of esters is 1. The van der Waals surface area contributed by atoms with Gasteiger partial charge in [0.2, 0.25) is 0 Å². The van der Waals surface area contributed by atoms with Crippen LogP contribution in [0.3, 0.4) is 0 Å². The average molecular weight is 219 g/mol. The normalized spacial score (nSPS) is 12.9. The summed E-state index contributed by atoms with van der Waals surface area (Å²) in [5, 5.41) is 0. The topological polar surface area (TPSA) is 26.3 Å². The van der Waals surface area contributed by atoms with Gasteiger partial charge in [-0.15, -0.1) is 0 Å². The first-order valence-electron chi connectivity index (χ1n) is 2.93. The second-order valence-electron chi connectivity index (χ2n) is 3.09. The van der Waals surface area contributed by atoms with Crippen LogP contribution in [-0.2, 0) is 9.53 Å². The first-order chi connectivity index (χ1) is 4.63. The van der Waals surface area contributed by atoms with E-state index in [2.05, 4.69) is 4.74 Å².